The Morgan fingerprint density at radius 1 is 0.917 bits per heavy atom. The molecule has 1 aliphatic carbocycles. The minimum atomic E-state index is 0.138. The van der Waals surface area contributed by atoms with Crippen LogP contribution in [0.3, 0.4) is 0 Å². The maximum absolute atomic E-state index is 6.53. The first kappa shape index (κ1) is 23.2. The molecule has 0 amide bonds. The first-order valence-electron chi connectivity index (χ1n) is 12.9. The van der Waals surface area contributed by atoms with E-state index in [2.05, 4.69) is 42.3 Å². The maximum Gasteiger partial charge on any atom is 0.223 e. The van der Waals surface area contributed by atoms with E-state index in [0.29, 0.717) is 24.3 Å². The van der Waals surface area contributed by atoms with Gasteiger partial charge in [0.25, 0.3) is 0 Å². The SMILES string of the molecule is c1cnc2c(OC3CCC(Nc4ncc(OCC5CCO5)cn4)CC3)cc(N3CCOCC3)cc2n1. The number of fused-ring (bicyclic) bond motifs is 1. The van der Waals surface area contributed by atoms with Crippen LogP contribution in [0.2, 0.25) is 0 Å². The number of benzene rings is 1. The Kier molecular flexibility index (Phi) is 6.95. The van der Waals surface area contributed by atoms with Crippen LogP contribution in [0, 0.1) is 0 Å². The molecule has 190 valence electrons. The standard InChI is InChI=1S/C26H32N6O4/c1-3-20(4-2-18(1)31-26-29-15-22(16-30-26)35-17-21-5-10-34-21)36-24-14-19(32-8-11-33-12-9-32)13-23-25(24)28-7-6-27-23/h6-7,13-16,18,20-21H,1-5,8-12,17H2,(H,29,30,31). The molecule has 2 aromatic heterocycles. The van der Waals surface area contributed by atoms with Crippen molar-refractivity contribution in [3.8, 4) is 11.5 Å². The van der Waals surface area contributed by atoms with Crippen molar-refractivity contribution in [2.75, 3.05) is 49.7 Å². The molecule has 2 saturated heterocycles. The predicted octanol–water partition coefficient (Wildman–Crippen LogP) is 3.23. The van der Waals surface area contributed by atoms with Gasteiger partial charge in [0.15, 0.2) is 5.75 Å². The van der Waals surface area contributed by atoms with Crippen LogP contribution in [0.25, 0.3) is 11.0 Å². The molecule has 3 aliphatic rings. The smallest absolute Gasteiger partial charge is 0.223 e. The van der Waals surface area contributed by atoms with Crippen molar-refractivity contribution in [2.45, 2.75) is 50.4 Å². The van der Waals surface area contributed by atoms with E-state index in [0.717, 1.165) is 87.5 Å². The number of rotatable bonds is 8. The summed E-state index contributed by atoms with van der Waals surface area (Å²) in [7, 11) is 0. The minimum absolute atomic E-state index is 0.138. The van der Waals surface area contributed by atoms with Crippen LogP contribution >= 0.6 is 0 Å². The molecule has 1 aromatic carbocycles. The number of ether oxygens (including phenoxy) is 4. The van der Waals surface area contributed by atoms with Crippen molar-refractivity contribution < 1.29 is 18.9 Å². The number of anilines is 2. The van der Waals surface area contributed by atoms with Crippen molar-refractivity contribution in [2.24, 2.45) is 0 Å². The van der Waals surface area contributed by atoms with E-state index in [1.807, 2.05) is 0 Å². The Bertz CT molecular complexity index is 1140. The molecule has 1 atom stereocenters. The summed E-state index contributed by atoms with van der Waals surface area (Å²) >= 11 is 0. The molecule has 0 spiro atoms. The van der Waals surface area contributed by atoms with E-state index in [4.69, 9.17) is 18.9 Å². The van der Waals surface area contributed by atoms with Gasteiger partial charge in [-0.15, -0.1) is 0 Å². The van der Waals surface area contributed by atoms with Crippen LogP contribution in [-0.2, 0) is 9.47 Å². The Hall–Kier alpha value is -3.24. The number of nitrogens with one attached hydrogen (secondary N) is 1. The molecular formula is C26H32N6O4. The first-order chi connectivity index (χ1) is 17.8. The van der Waals surface area contributed by atoms with Crippen molar-refractivity contribution >= 4 is 22.7 Å². The van der Waals surface area contributed by atoms with Crippen LogP contribution in [-0.4, -0.2) is 77.7 Å². The number of nitrogens with zero attached hydrogens (tertiary/aromatic N) is 5. The molecule has 36 heavy (non-hydrogen) atoms. The summed E-state index contributed by atoms with van der Waals surface area (Å²) in [6.07, 6.45) is 12.1. The fourth-order valence-corrected chi connectivity index (χ4v) is 4.88. The molecule has 3 fully saturated rings. The van der Waals surface area contributed by atoms with Gasteiger partial charge in [0.1, 0.15) is 17.9 Å². The molecule has 10 heteroatoms. The molecule has 0 bridgehead atoms. The van der Waals surface area contributed by atoms with Gasteiger partial charge in [-0.3, -0.25) is 4.98 Å². The lowest BCUT2D eigenvalue weighted by atomic mass is 9.93. The van der Waals surface area contributed by atoms with Gasteiger partial charge >= 0.3 is 0 Å². The van der Waals surface area contributed by atoms with E-state index in [1.54, 1.807) is 24.8 Å². The third kappa shape index (κ3) is 5.44. The quantitative estimate of drug-likeness (QED) is 0.504. The fraction of sp³-hybridized carbons (Fsp3) is 0.538. The summed E-state index contributed by atoms with van der Waals surface area (Å²) in [5.74, 6) is 2.11. The molecule has 0 radical (unpaired) electrons. The summed E-state index contributed by atoms with van der Waals surface area (Å²) < 4.78 is 23.1. The Balaban J connectivity index is 1.05. The van der Waals surface area contributed by atoms with Crippen LogP contribution in [0.15, 0.2) is 36.9 Å². The molecule has 1 unspecified atom stereocenters. The lowest BCUT2D eigenvalue weighted by molar-refractivity contribution is -0.0721. The van der Waals surface area contributed by atoms with E-state index in [1.165, 1.54) is 0 Å². The van der Waals surface area contributed by atoms with Crippen LogP contribution < -0.4 is 19.7 Å². The second kappa shape index (κ2) is 10.8. The first-order valence-corrected chi connectivity index (χ1v) is 12.9. The largest absolute Gasteiger partial charge is 0.488 e. The Morgan fingerprint density at radius 2 is 1.69 bits per heavy atom. The summed E-state index contributed by atoms with van der Waals surface area (Å²) in [6, 6.07) is 4.52. The van der Waals surface area contributed by atoms with Gasteiger partial charge < -0.3 is 29.2 Å². The van der Waals surface area contributed by atoms with Gasteiger partial charge in [0.2, 0.25) is 5.95 Å². The second-order valence-electron chi connectivity index (χ2n) is 9.54. The number of hydrogen-bond donors (Lipinski definition) is 1. The van der Waals surface area contributed by atoms with Gasteiger partial charge in [-0.05, 0) is 31.7 Å². The van der Waals surface area contributed by atoms with Crippen LogP contribution in [0.1, 0.15) is 32.1 Å². The zero-order valence-electron chi connectivity index (χ0n) is 20.3. The summed E-state index contributed by atoms with van der Waals surface area (Å²) in [6.45, 7) is 4.59. The van der Waals surface area contributed by atoms with Gasteiger partial charge in [-0.2, -0.15) is 0 Å². The van der Waals surface area contributed by atoms with E-state index < -0.39 is 0 Å². The zero-order valence-corrected chi connectivity index (χ0v) is 20.3. The van der Waals surface area contributed by atoms with E-state index in [-0.39, 0.29) is 12.2 Å². The molecule has 1 N–H and O–H groups in total. The molecule has 1 saturated carbocycles. The molecule has 4 heterocycles. The van der Waals surface area contributed by atoms with Gasteiger partial charge in [0.05, 0.1) is 43.3 Å². The normalized spacial score (nSPS) is 24.2. The highest BCUT2D eigenvalue weighted by Gasteiger charge is 2.25. The molecule has 6 rings (SSSR count). The lowest BCUT2D eigenvalue weighted by Crippen LogP contribution is -2.36. The Labute approximate surface area is 210 Å². The van der Waals surface area contributed by atoms with E-state index >= 15 is 0 Å². The molecule has 3 aromatic rings. The Morgan fingerprint density at radius 3 is 2.44 bits per heavy atom. The number of morpholine rings is 1. The lowest BCUT2D eigenvalue weighted by Gasteiger charge is -2.31. The van der Waals surface area contributed by atoms with E-state index in [9.17, 15) is 0 Å². The van der Waals surface area contributed by atoms with Gasteiger partial charge in [0, 0.05) is 56.3 Å². The third-order valence-electron chi connectivity index (χ3n) is 7.06. The highest BCUT2D eigenvalue weighted by Crippen LogP contribution is 2.33. The van der Waals surface area contributed by atoms with Crippen molar-refractivity contribution in [1.82, 2.24) is 19.9 Å². The van der Waals surface area contributed by atoms with Crippen LogP contribution in [0.5, 0.6) is 11.5 Å². The van der Waals surface area contributed by atoms with Crippen LogP contribution in [0.4, 0.5) is 11.6 Å². The average Bonchev–Trinajstić information content (AvgIpc) is 2.90. The summed E-state index contributed by atoms with van der Waals surface area (Å²) in [5, 5.41) is 3.46. The highest BCUT2D eigenvalue weighted by molar-refractivity contribution is 5.85. The highest BCUT2D eigenvalue weighted by atomic mass is 16.5. The zero-order chi connectivity index (χ0) is 24.2. The second-order valence-corrected chi connectivity index (χ2v) is 9.54. The average molecular weight is 493 g/mol. The van der Waals surface area contributed by atoms with Crippen molar-refractivity contribution in [1.29, 1.82) is 0 Å². The number of hydrogen-bond acceptors (Lipinski definition) is 10. The minimum Gasteiger partial charge on any atom is -0.488 e. The third-order valence-corrected chi connectivity index (χ3v) is 7.06. The number of aromatic nitrogens is 4. The molecular weight excluding hydrogens is 460 g/mol. The van der Waals surface area contributed by atoms with Crippen molar-refractivity contribution in [3.63, 3.8) is 0 Å². The molecule has 10 nitrogen and oxygen atoms in total. The summed E-state index contributed by atoms with van der Waals surface area (Å²) in [4.78, 5) is 20.3. The summed E-state index contributed by atoms with van der Waals surface area (Å²) in [5.41, 5.74) is 2.78. The topological polar surface area (TPSA) is 104 Å². The molecule has 2 aliphatic heterocycles. The monoisotopic (exact) mass is 492 g/mol. The fourth-order valence-electron chi connectivity index (χ4n) is 4.88. The predicted molar refractivity (Wildman–Crippen MR) is 135 cm³/mol. The maximum atomic E-state index is 6.53. The van der Waals surface area contributed by atoms with Gasteiger partial charge in [-0.1, -0.05) is 0 Å². The van der Waals surface area contributed by atoms with Gasteiger partial charge in [-0.25, -0.2) is 15.0 Å². The van der Waals surface area contributed by atoms with Crippen molar-refractivity contribution in [3.05, 3.63) is 36.9 Å².